The molecule has 1 heteroatoms. The fourth-order valence-corrected chi connectivity index (χ4v) is 0.453. The minimum absolute atomic E-state index is 0.472. The molecule has 0 saturated carbocycles. The first-order valence-corrected chi connectivity index (χ1v) is 3.46. The van der Waals surface area contributed by atoms with Crippen LogP contribution in [0.15, 0.2) is 49.1 Å². The fraction of sp³-hybridized carbons (Fsp3) is 0.100. The molecule has 0 aliphatic rings. The Morgan fingerprint density at radius 3 is 1.45 bits per heavy atom. The molecule has 0 spiro atoms. The molecule has 0 atom stereocenters. The van der Waals surface area contributed by atoms with E-state index in [9.17, 15) is 4.79 Å². The van der Waals surface area contributed by atoms with Crippen molar-refractivity contribution in [1.82, 2.24) is 0 Å². The van der Waals surface area contributed by atoms with Gasteiger partial charge in [0.25, 0.3) is 0 Å². The molecule has 1 rings (SSSR count). The maximum absolute atomic E-state index is 9.33. The van der Waals surface area contributed by atoms with Gasteiger partial charge in [0.2, 0.25) is 0 Å². The summed E-state index contributed by atoms with van der Waals surface area (Å²) < 4.78 is 0. The molecule has 0 aromatic heterocycles. The zero-order chi connectivity index (χ0) is 8.36. The van der Waals surface area contributed by atoms with Gasteiger partial charge in [-0.3, -0.25) is 0 Å². The second kappa shape index (κ2) is 8.63. The van der Waals surface area contributed by atoms with Gasteiger partial charge in [0.05, 0.1) is 0 Å². The number of hydrogen-bond donors (Lipinski definition) is 0. The van der Waals surface area contributed by atoms with Gasteiger partial charge in [0, 0.05) is 6.42 Å². The predicted octanol–water partition coefficient (Wildman–Crippen LogP) is 2.45. The van der Waals surface area contributed by atoms with E-state index in [-0.39, 0.29) is 0 Å². The van der Waals surface area contributed by atoms with E-state index in [0.717, 1.165) is 6.29 Å². The quantitative estimate of drug-likeness (QED) is 0.465. The van der Waals surface area contributed by atoms with Gasteiger partial charge >= 0.3 is 0 Å². The Bertz CT molecular complexity index is 147. The Labute approximate surface area is 67.4 Å². The summed E-state index contributed by atoms with van der Waals surface area (Å²) in [5.74, 6) is 0. The van der Waals surface area contributed by atoms with Crippen LogP contribution in [0.3, 0.4) is 0 Å². The first-order chi connectivity index (χ1) is 5.41. The van der Waals surface area contributed by atoms with Crippen molar-refractivity contribution >= 4 is 6.29 Å². The van der Waals surface area contributed by atoms with Gasteiger partial charge < -0.3 is 4.79 Å². The molecule has 0 aliphatic heterocycles. The minimum atomic E-state index is 0.472. The van der Waals surface area contributed by atoms with Gasteiger partial charge in [-0.15, -0.1) is 6.58 Å². The van der Waals surface area contributed by atoms with E-state index in [1.807, 2.05) is 36.4 Å². The largest absolute Gasteiger partial charge is 0.303 e. The van der Waals surface area contributed by atoms with Crippen molar-refractivity contribution in [2.75, 3.05) is 0 Å². The molecular formula is C10H12O. The van der Waals surface area contributed by atoms with E-state index in [0.29, 0.717) is 6.42 Å². The summed E-state index contributed by atoms with van der Waals surface area (Å²) in [6.45, 7) is 3.32. The normalized spacial score (nSPS) is 7.27. The molecule has 11 heavy (non-hydrogen) atoms. The standard InChI is InChI=1S/C6H6.C4H6O/c1-2-4-6-5-3-1;1-2-3-4-5/h1-6H;2,4H,1,3H2. The minimum Gasteiger partial charge on any atom is -0.303 e. The van der Waals surface area contributed by atoms with Crippen LogP contribution < -0.4 is 0 Å². The van der Waals surface area contributed by atoms with Crippen molar-refractivity contribution in [3.63, 3.8) is 0 Å². The molecule has 0 saturated heterocycles. The molecule has 0 bridgehead atoms. The molecule has 1 aromatic carbocycles. The lowest BCUT2D eigenvalue weighted by molar-refractivity contribution is -0.107. The SMILES string of the molecule is C=CCC=O.c1ccccc1. The lowest BCUT2D eigenvalue weighted by Crippen LogP contribution is -1.59. The van der Waals surface area contributed by atoms with Gasteiger partial charge in [0.15, 0.2) is 0 Å². The van der Waals surface area contributed by atoms with Crippen molar-refractivity contribution in [3.05, 3.63) is 49.1 Å². The molecule has 0 N–H and O–H groups in total. The summed E-state index contributed by atoms with van der Waals surface area (Å²) in [7, 11) is 0. The number of aldehydes is 1. The lowest BCUT2D eigenvalue weighted by atomic mass is 10.4. The maximum Gasteiger partial charge on any atom is 0.123 e. The molecule has 1 nitrogen and oxygen atoms in total. The summed E-state index contributed by atoms with van der Waals surface area (Å²) in [4.78, 5) is 9.33. The van der Waals surface area contributed by atoms with E-state index in [1.165, 1.54) is 0 Å². The molecule has 0 heterocycles. The monoisotopic (exact) mass is 148 g/mol. The molecule has 0 radical (unpaired) electrons. The predicted molar refractivity (Wildman–Crippen MR) is 47.3 cm³/mol. The van der Waals surface area contributed by atoms with Crippen molar-refractivity contribution in [2.24, 2.45) is 0 Å². The highest BCUT2D eigenvalue weighted by Crippen LogP contribution is 1.79. The highest BCUT2D eigenvalue weighted by Gasteiger charge is 1.59. The molecular weight excluding hydrogens is 136 g/mol. The number of hydrogen-bond acceptors (Lipinski definition) is 1. The van der Waals surface area contributed by atoms with E-state index >= 15 is 0 Å². The third-order valence-electron chi connectivity index (χ3n) is 0.930. The van der Waals surface area contributed by atoms with E-state index in [4.69, 9.17) is 0 Å². The second-order valence-corrected chi connectivity index (χ2v) is 1.85. The van der Waals surface area contributed by atoms with Crippen LogP contribution >= 0.6 is 0 Å². The maximum atomic E-state index is 9.33. The van der Waals surface area contributed by atoms with Crippen LogP contribution in [0.5, 0.6) is 0 Å². The van der Waals surface area contributed by atoms with E-state index in [1.54, 1.807) is 6.08 Å². The fourth-order valence-electron chi connectivity index (χ4n) is 0.453. The number of benzene rings is 1. The Balaban J connectivity index is 0.000000187. The number of carbonyl (C=O) groups excluding carboxylic acids is 1. The summed E-state index contributed by atoms with van der Waals surface area (Å²) in [5.41, 5.74) is 0. The van der Waals surface area contributed by atoms with Crippen molar-refractivity contribution < 1.29 is 4.79 Å². The first-order valence-electron chi connectivity index (χ1n) is 3.46. The van der Waals surface area contributed by atoms with Crippen LogP contribution in [0, 0.1) is 0 Å². The number of allylic oxidation sites excluding steroid dienone is 1. The van der Waals surface area contributed by atoms with Gasteiger partial charge in [-0.05, 0) is 0 Å². The molecule has 0 aliphatic carbocycles. The molecule has 1 aromatic rings. The summed E-state index contributed by atoms with van der Waals surface area (Å²) in [6.07, 6.45) is 2.85. The summed E-state index contributed by atoms with van der Waals surface area (Å²) >= 11 is 0. The van der Waals surface area contributed by atoms with Crippen LogP contribution in [0.4, 0.5) is 0 Å². The smallest absolute Gasteiger partial charge is 0.123 e. The highest BCUT2D eigenvalue weighted by atomic mass is 16.1. The zero-order valence-electron chi connectivity index (χ0n) is 6.44. The third kappa shape index (κ3) is 8.63. The topological polar surface area (TPSA) is 17.1 Å². The zero-order valence-corrected chi connectivity index (χ0v) is 6.44. The molecule has 58 valence electrons. The number of carbonyl (C=O) groups is 1. The molecule has 0 amide bonds. The van der Waals surface area contributed by atoms with Crippen LogP contribution in [0.2, 0.25) is 0 Å². The Kier molecular flexibility index (Phi) is 7.56. The van der Waals surface area contributed by atoms with E-state index in [2.05, 4.69) is 6.58 Å². The van der Waals surface area contributed by atoms with Crippen LogP contribution in [-0.4, -0.2) is 6.29 Å². The highest BCUT2D eigenvalue weighted by molar-refractivity contribution is 5.51. The van der Waals surface area contributed by atoms with Crippen LogP contribution in [0.1, 0.15) is 6.42 Å². The Morgan fingerprint density at radius 1 is 1.00 bits per heavy atom. The summed E-state index contributed by atoms with van der Waals surface area (Å²) in [5, 5.41) is 0. The molecule has 0 unspecified atom stereocenters. The molecule has 0 fully saturated rings. The van der Waals surface area contributed by atoms with E-state index < -0.39 is 0 Å². The average molecular weight is 148 g/mol. The van der Waals surface area contributed by atoms with Crippen LogP contribution in [0.25, 0.3) is 0 Å². The lowest BCUT2D eigenvalue weighted by Gasteiger charge is -1.69. The van der Waals surface area contributed by atoms with Crippen molar-refractivity contribution in [1.29, 1.82) is 0 Å². The number of rotatable bonds is 2. The van der Waals surface area contributed by atoms with Gasteiger partial charge in [0.1, 0.15) is 6.29 Å². The first kappa shape index (κ1) is 9.63. The van der Waals surface area contributed by atoms with Crippen molar-refractivity contribution in [2.45, 2.75) is 6.42 Å². The van der Waals surface area contributed by atoms with Gasteiger partial charge in [-0.25, -0.2) is 0 Å². The Hall–Kier alpha value is -1.37. The second-order valence-electron chi connectivity index (χ2n) is 1.85. The van der Waals surface area contributed by atoms with Crippen LogP contribution in [-0.2, 0) is 4.79 Å². The van der Waals surface area contributed by atoms with Gasteiger partial charge in [-0.1, -0.05) is 42.5 Å². The Morgan fingerprint density at radius 2 is 1.36 bits per heavy atom. The van der Waals surface area contributed by atoms with Crippen molar-refractivity contribution in [3.8, 4) is 0 Å². The summed E-state index contributed by atoms with van der Waals surface area (Å²) in [6, 6.07) is 12.0. The van der Waals surface area contributed by atoms with Gasteiger partial charge in [-0.2, -0.15) is 0 Å². The average Bonchev–Trinajstić information content (AvgIpc) is 2.10. The third-order valence-corrected chi connectivity index (χ3v) is 0.930.